The molecule has 2 aromatic carbocycles. The van der Waals surface area contributed by atoms with Gasteiger partial charge in [0, 0.05) is 20.0 Å². The van der Waals surface area contributed by atoms with E-state index in [-0.39, 0.29) is 5.91 Å². The van der Waals surface area contributed by atoms with Gasteiger partial charge in [0.2, 0.25) is 5.91 Å². The summed E-state index contributed by atoms with van der Waals surface area (Å²) >= 11 is 6.27. The molecule has 0 saturated carbocycles. The highest BCUT2D eigenvalue weighted by atomic mass is 35.5. The van der Waals surface area contributed by atoms with Crippen LogP contribution in [0.2, 0.25) is 5.02 Å². The van der Waals surface area contributed by atoms with Gasteiger partial charge in [-0.1, -0.05) is 35.9 Å². The van der Waals surface area contributed by atoms with Crippen molar-refractivity contribution in [2.75, 3.05) is 23.4 Å². The van der Waals surface area contributed by atoms with Crippen molar-refractivity contribution in [3.05, 3.63) is 53.6 Å². The van der Waals surface area contributed by atoms with E-state index in [1.807, 2.05) is 49.5 Å². The van der Waals surface area contributed by atoms with Crippen LogP contribution in [0.1, 0.15) is 6.42 Å². The number of anilines is 3. The molecule has 0 bridgehead atoms. The number of hydrogen-bond donors (Lipinski definition) is 0. The van der Waals surface area contributed by atoms with E-state index in [0.717, 1.165) is 17.1 Å². The summed E-state index contributed by atoms with van der Waals surface area (Å²) in [7, 11) is 2.00. The van der Waals surface area contributed by atoms with E-state index < -0.39 is 0 Å². The molecule has 20 heavy (non-hydrogen) atoms. The van der Waals surface area contributed by atoms with Crippen LogP contribution >= 0.6 is 11.6 Å². The van der Waals surface area contributed by atoms with Crippen LogP contribution in [0.4, 0.5) is 17.1 Å². The average Bonchev–Trinajstić information content (AvgIpc) is 2.59. The maximum absolute atomic E-state index is 12.5. The highest BCUT2D eigenvalue weighted by molar-refractivity contribution is 6.34. The van der Waals surface area contributed by atoms with Crippen LogP contribution in [0, 0.1) is 0 Å². The number of para-hydroxylation sites is 3. The van der Waals surface area contributed by atoms with E-state index >= 15 is 0 Å². The summed E-state index contributed by atoms with van der Waals surface area (Å²) in [4.78, 5) is 16.3. The normalized spacial score (nSPS) is 15.0. The summed E-state index contributed by atoms with van der Waals surface area (Å²) in [6, 6.07) is 15.3. The number of hydrogen-bond acceptors (Lipinski definition) is 2. The number of halogens is 1. The fraction of sp³-hybridized carbons (Fsp3) is 0.188. The van der Waals surface area contributed by atoms with Gasteiger partial charge in [-0.3, -0.25) is 9.69 Å². The van der Waals surface area contributed by atoms with Gasteiger partial charge in [-0.2, -0.15) is 0 Å². The molecule has 0 N–H and O–H groups in total. The van der Waals surface area contributed by atoms with Gasteiger partial charge in [-0.15, -0.1) is 0 Å². The minimum atomic E-state index is 0.0647. The first kappa shape index (κ1) is 13.0. The lowest BCUT2D eigenvalue weighted by atomic mass is 10.2. The minimum absolute atomic E-state index is 0.0647. The Hall–Kier alpha value is -2.00. The summed E-state index contributed by atoms with van der Waals surface area (Å²) in [6.07, 6.45) is 0.469. The van der Waals surface area contributed by atoms with Crippen LogP contribution in [0.15, 0.2) is 48.5 Å². The molecule has 3 rings (SSSR count). The molecule has 1 heterocycles. The Bertz CT molecular complexity index is 656. The summed E-state index contributed by atoms with van der Waals surface area (Å²) in [5, 5.41) is 0.584. The highest BCUT2D eigenvalue weighted by Crippen LogP contribution is 2.39. The smallest absolute Gasteiger partial charge is 0.233 e. The number of fused-ring (bicyclic) bond motifs is 1. The van der Waals surface area contributed by atoms with Crippen molar-refractivity contribution in [1.82, 2.24) is 0 Å². The number of carbonyl (C=O) groups excluding carboxylic acids is 1. The van der Waals surface area contributed by atoms with E-state index in [4.69, 9.17) is 11.6 Å². The molecule has 3 nitrogen and oxygen atoms in total. The third kappa shape index (κ3) is 2.14. The van der Waals surface area contributed by atoms with Crippen LogP contribution in [0.25, 0.3) is 0 Å². The van der Waals surface area contributed by atoms with Crippen LogP contribution in [0.5, 0.6) is 0 Å². The van der Waals surface area contributed by atoms with Gasteiger partial charge in [0.25, 0.3) is 0 Å². The van der Waals surface area contributed by atoms with E-state index in [1.165, 1.54) is 0 Å². The van der Waals surface area contributed by atoms with Gasteiger partial charge in [0.1, 0.15) is 0 Å². The first-order chi connectivity index (χ1) is 9.68. The second-order valence-corrected chi connectivity index (χ2v) is 5.25. The molecule has 0 aliphatic carbocycles. The molecule has 0 fully saturated rings. The summed E-state index contributed by atoms with van der Waals surface area (Å²) in [5.41, 5.74) is 2.66. The molecular weight excluding hydrogens is 272 g/mol. The Morgan fingerprint density at radius 3 is 2.25 bits per heavy atom. The molecule has 0 saturated heterocycles. The second-order valence-electron chi connectivity index (χ2n) is 4.84. The van der Waals surface area contributed by atoms with Crippen molar-refractivity contribution in [3.63, 3.8) is 0 Å². The molecule has 102 valence electrons. The number of carbonyl (C=O) groups is 1. The first-order valence-electron chi connectivity index (χ1n) is 6.56. The molecule has 1 amide bonds. The average molecular weight is 287 g/mol. The predicted octanol–water partition coefficient (Wildman–Crippen LogP) is 3.84. The minimum Gasteiger partial charge on any atom is -0.372 e. The monoisotopic (exact) mass is 286 g/mol. The number of rotatable bonds is 1. The molecule has 0 radical (unpaired) electrons. The van der Waals surface area contributed by atoms with Crippen LogP contribution < -0.4 is 9.80 Å². The summed E-state index contributed by atoms with van der Waals surface area (Å²) in [6.45, 7) is 0.705. The molecule has 2 aromatic rings. The quantitative estimate of drug-likeness (QED) is 0.795. The fourth-order valence-corrected chi connectivity index (χ4v) is 2.72. The number of benzene rings is 2. The van der Waals surface area contributed by atoms with E-state index in [1.54, 1.807) is 11.0 Å². The first-order valence-corrected chi connectivity index (χ1v) is 6.94. The predicted molar refractivity (Wildman–Crippen MR) is 82.9 cm³/mol. The number of amides is 1. The molecule has 4 heteroatoms. The van der Waals surface area contributed by atoms with Gasteiger partial charge >= 0.3 is 0 Å². The van der Waals surface area contributed by atoms with Gasteiger partial charge < -0.3 is 4.90 Å². The SMILES string of the molecule is CN1CCC(=O)N(c2ccccc2Cl)c2ccccc21. The lowest BCUT2D eigenvalue weighted by molar-refractivity contribution is -0.117. The molecule has 0 aromatic heterocycles. The van der Waals surface area contributed by atoms with Crippen LogP contribution in [0.3, 0.4) is 0 Å². The third-order valence-electron chi connectivity index (χ3n) is 3.54. The zero-order valence-electron chi connectivity index (χ0n) is 11.2. The van der Waals surface area contributed by atoms with Crippen LogP contribution in [-0.2, 0) is 4.79 Å². The topological polar surface area (TPSA) is 23.6 Å². The van der Waals surface area contributed by atoms with Gasteiger partial charge in [0.15, 0.2) is 0 Å². The number of nitrogens with zero attached hydrogens (tertiary/aromatic N) is 2. The van der Waals surface area contributed by atoms with Crippen molar-refractivity contribution in [2.45, 2.75) is 6.42 Å². The zero-order valence-corrected chi connectivity index (χ0v) is 12.0. The summed E-state index contributed by atoms with van der Waals surface area (Å²) in [5.74, 6) is 0.0647. The van der Waals surface area contributed by atoms with Crippen molar-refractivity contribution < 1.29 is 4.79 Å². The van der Waals surface area contributed by atoms with E-state index in [0.29, 0.717) is 18.0 Å². The third-order valence-corrected chi connectivity index (χ3v) is 3.86. The lowest BCUT2D eigenvalue weighted by Gasteiger charge is -2.25. The molecule has 0 unspecified atom stereocenters. The fourth-order valence-electron chi connectivity index (χ4n) is 2.50. The van der Waals surface area contributed by atoms with Gasteiger partial charge in [-0.25, -0.2) is 0 Å². The Balaban J connectivity index is 2.20. The summed E-state index contributed by atoms with van der Waals surface area (Å²) < 4.78 is 0. The van der Waals surface area contributed by atoms with Gasteiger partial charge in [-0.05, 0) is 24.3 Å². The second kappa shape index (κ2) is 5.17. The maximum Gasteiger partial charge on any atom is 0.233 e. The Morgan fingerprint density at radius 1 is 0.950 bits per heavy atom. The van der Waals surface area contributed by atoms with Gasteiger partial charge in [0.05, 0.1) is 22.1 Å². The highest BCUT2D eigenvalue weighted by Gasteiger charge is 2.26. The molecule has 0 atom stereocenters. The Kier molecular flexibility index (Phi) is 3.36. The van der Waals surface area contributed by atoms with Crippen molar-refractivity contribution in [3.8, 4) is 0 Å². The molecular formula is C16H15ClN2O. The zero-order chi connectivity index (χ0) is 14.1. The van der Waals surface area contributed by atoms with Crippen molar-refractivity contribution >= 4 is 34.6 Å². The molecule has 1 aliphatic heterocycles. The lowest BCUT2D eigenvalue weighted by Crippen LogP contribution is -2.25. The molecule has 1 aliphatic rings. The Morgan fingerprint density at radius 2 is 1.55 bits per heavy atom. The van der Waals surface area contributed by atoms with Crippen LogP contribution in [-0.4, -0.2) is 19.5 Å². The maximum atomic E-state index is 12.5. The Labute approximate surface area is 123 Å². The van der Waals surface area contributed by atoms with E-state index in [2.05, 4.69) is 4.90 Å². The van der Waals surface area contributed by atoms with E-state index in [9.17, 15) is 4.79 Å². The molecule has 0 spiro atoms. The van der Waals surface area contributed by atoms with Crippen molar-refractivity contribution in [1.29, 1.82) is 0 Å². The standard InChI is InChI=1S/C16H15ClN2O/c1-18-11-10-16(20)19(13-7-3-2-6-12(13)17)15-9-5-4-8-14(15)18/h2-9H,10-11H2,1H3. The largest absolute Gasteiger partial charge is 0.372 e. The van der Waals surface area contributed by atoms with Crippen molar-refractivity contribution in [2.24, 2.45) is 0 Å².